The zero-order chi connectivity index (χ0) is 18.2. The lowest BCUT2D eigenvalue weighted by Gasteiger charge is -2.33. The molecule has 1 saturated heterocycles. The van der Waals surface area contributed by atoms with Gasteiger partial charge in [-0.3, -0.25) is 9.69 Å². The smallest absolute Gasteiger partial charge is 0.246 e. The number of carbonyl (C=O) groups is 1. The van der Waals surface area contributed by atoms with E-state index in [0.29, 0.717) is 0 Å². The fraction of sp³-hybridized carbons (Fsp3) is 0.381. The maximum atomic E-state index is 13.2. The van der Waals surface area contributed by atoms with Gasteiger partial charge in [0.2, 0.25) is 5.91 Å². The Morgan fingerprint density at radius 2 is 1.88 bits per heavy atom. The van der Waals surface area contributed by atoms with Gasteiger partial charge in [-0.15, -0.1) is 0 Å². The lowest BCUT2D eigenvalue weighted by molar-refractivity contribution is -0.121. The summed E-state index contributed by atoms with van der Waals surface area (Å²) in [5.74, 6) is 2.20. The standard InChI is InChI=1S/C21H27N3OS/c1-2-22-16-17-7-6-10-19(15-17)23-21(25)20(18-8-4-3-5-9-18)24-11-13-26-14-12-24/h3-10,15,20,22H,2,11-14,16H2,1H3,(H,23,25). The number of rotatable bonds is 7. The first-order valence-corrected chi connectivity index (χ1v) is 10.4. The van der Waals surface area contributed by atoms with Crippen LogP contribution in [0.2, 0.25) is 0 Å². The normalized spacial score (nSPS) is 16.2. The minimum absolute atomic E-state index is 0.0451. The van der Waals surface area contributed by atoms with Gasteiger partial charge in [0.1, 0.15) is 6.04 Å². The molecular weight excluding hydrogens is 342 g/mol. The molecule has 0 aliphatic carbocycles. The van der Waals surface area contributed by atoms with Gasteiger partial charge in [-0.25, -0.2) is 0 Å². The summed E-state index contributed by atoms with van der Waals surface area (Å²) in [6, 6.07) is 17.9. The first kappa shape index (κ1) is 19.0. The van der Waals surface area contributed by atoms with Gasteiger partial charge in [0.05, 0.1) is 0 Å². The van der Waals surface area contributed by atoms with Crippen molar-refractivity contribution in [3.8, 4) is 0 Å². The molecule has 1 aliphatic rings. The molecule has 1 heterocycles. The second-order valence-corrected chi connectivity index (χ2v) is 7.66. The Morgan fingerprint density at radius 1 is 1.12 bits per heavy atom. The van der Waals surface area contributed by atoms with E-state index in [1.54, 1.807) is 0 Å². The van der Waals surface area contributed by atoms with Crippen LogP contribution in [0.1, 0.15) is 24.1 Å². The summed E-state index contributed by atoms with van der Waals surface area (Å²) in [5.41, 5.74) is 3.09. The summed E-state index contributed by atoms with van der Waals surface area (Å²) in [6.07, 6.45) is 0. The number of hydrogen-bond donors (Lipinski definition) is 2. The fourth-order valence-electron chi connectivity index (χ4n) is 3.24. The van der Waals surface area contributed by atoms with Crippen molar-refractivity contribution in [2.45, 2.75) is 19.5 Å². The first-order chi connectivity index (χ1) is 12.8. The van der Waals surface area contributed by atoms with Crippen molar-refractivity contribution in [3.05, 3.63) is 65.7 Å². The Hall–Kier alpha value is -1.82. The first-order valence-electron chi connectivity index (χ1n) is 9.25. The molecule has 26 heavy (non-hydrogen) atoms. The van der Waals surface area contributed by atoms with Crippen LogP contribution in [0.15, 0.2) is 54.6 Å². The molecule has 2 aromatic carbocycles. The van der Waals surface area contributed by atoms with Crippen LogP contribution in [0.25, 0.3) is 0 Å². The lowest BCUT2D eigenvalue weighted by Crippen LogP contribution is -2.41. The molecule has 138 valence electrons. The van der Waals surface area contributed by atoms with E-state index in [2.05, 4.69) is 34.6 Å². The van der Waals surface area contributed by atoms with E-state index < -0.39 is 0 Å². The summed E-state index contributed by atoms with van der Waals surface area (Å²) < 4.78 is 0. The van der Waals surface area contributed by atoms with Crippen LogP contribution in [-0.4, -0.2) is 41.9 Å². The summed E-state index contributed by atoms with van der Waals surface area (Å²) >= 11 is 1.96. The Bertz CT molecular complexity index is 701. The number of anilines is 1. The molecule has 2 aromatic rings. The SMILES string of the molecule is CCNCc1cccc(NC(=O)C(c2ccccc2)N2CCSCC2)c1. The molecule has 1 unspecified atom stereocenters. The van der Waals surface area contributed by atoms with Crippen molar-refractivity contribution in [2.24, 2.45) is 0 Å². The molecular formula is C21H27N3OS. The van der Waals surface area contributed by atoms with Gasteiger partial charge in [0, 0.05) is 36.8 Å². The van der Waals surface area contributed by atoms with Crippen molar-refractivity contribution < 1.29 is 4.79 Å². The number of thioether (sulfide) groups is 1. The second-order valence-electron chi connectivity index (χ2n) is 6.43. The third-order valence-corrected chi connectivity index (χ3v) is 5.49. The van der Waals surface area contributed by atoms with E-state index in [4.69, 9.17) is 0 Å². The molecule has 0 spiro atoms. The van der Waals surface area contributed by atoms with E-state index in [1.807, 2.05) is 54.2 Å². The molecule has 1 amide bonds. The predicted octanol–water partition coefficient (Wildman–Crippen LogP) is 3.52. The Morgan fingerprint density at radius 3 is 2.62 bits per heavy atom. The topological polar surface area (TPSA) is 44.4 Å². The van der Waals surface area contributed by atoms with Crippen molar-refractivity contribution in [2.75, 3.05) is 36.5 Å². The van der Waals surface area contributed by atoms with Gasteiger partial charge >= 0.3 is 0 Å². The lowest BCUT2D eigenvalue weighted by atomic mass is 10.0. The zero-order valence-corrected chi connectivity index (χ0v) is 16.1. The molecule has 1 atom stereocenters. The predicted molar refractivity (Wildman–Crippen MR) is 111 cm³/mol. The van der Waals surface area contributed by atoms with Crippen molar-refractivity contribution in [3.63, 3.8) is 0 Å². The molecule has 1 aliphatic heterocycles. The van der Waals surface area contributed by atoms with E-state index in [0.717, 1.165) is 48.9 Å². The van der Waals surface area contributed by atoms with Crippen LogP contribution in [0.5, 0.6) is 0 Å². The van der Waals surface area contributed by atoms with Gasteiger partial charge in [-0.05, 0) is 29.8 Å². The number of amides is 1. The monoisotopic (exact) mass is 369 g/mol. The molecule has 1 fully saturated rings. The summed E-state index contributed by atoms with van der Waals surface area (Å²) in [6.45, 7) is 5.72. The number of hydrogen-bond acceptors (Lipinski definition) is 4. The van der Waals surface area contributed by atoms with Crippen LogP contribution in [0, 0.1) is 0 Å². The van der Waals surface area contributed by atoms with Gasteiger partial charge in [-0.1, -0.05) is 49.4 Å². The summed E-state index contributed by atoms with van der Waals surface area (Å²) in [4.78, 5) is 15.5. The largest absolute Gasteiger partial charge is 0.324 e. The van der Waals surface area contributed by atoms with Gasteiger partial charge in [0.15, 0.2) is 0 Å². The van der Waals surface area contributed by atoms with Crippen LogP contribution < -0.4 is 10.6 Å². The Labute approximate surface area is 160 Å². The maximum absolute atomic E-state index is 13.2. The second kappa shape index (κ2) is 9.76. The quantitative estimate of drug-likeness (QED) is 0.784. The van der Waals surface area contributed by atoms with Crippen LogP contribution in [0.3, 0.4) is 0 Å². The molecule has 2 N–H and O–H groups in total. The van der Waals surface area contributed by atoms with E-state index in [-0.39, 0.29) is 11.9 Å². The molecule has 0 radical (unpaired) electrons. The highest BCUT2D eigenvalue weighted by atomic mass is 32.2. The van der Waals surface area contributed by atoms with Gasteiger partial charge in [0.25, 0.3) is 0 Å². The average Bonchev–Trinajstić information content (AvgIpc) is 2.68. The number of nitrogens with one attached hydrogen (secondary N) is 2. The van der Waals surface area contributed by atoms with Crippen LogP contribution in [0.4, 0.5) is 5.69 Å². The molecule has 4 nitrogen and oxygen atoms in total. The van der Waals surface area contributed by atoms with Crippen molar-refractivity contribution in [1.29, 1.82) is 0 Å². The third kappa shape index (κ3) is 5.10. The highest BCUT2D eigenvalue weighted by molar-refractivity contribution is 7.99. The summed E-state index contributed by atoms with van der Waals surface area (Å²) in [5, 5.41) is 6.46. The molecule has 0 aromatic heterocycles. The van der Waals surface area contributed by atoms with Crippen molar-refractivity contribution in [1.82, 2.24) is 10.2 Å². The van der Waals surface area contributed by atoms with E-state index in [9.17, 15) is 4.79 Å². The Balaban J connectivity index is 1.77. The highest BCUT2D eigenvalue weighted by Gasteiger charge is 2.28. The summed E-state index contributed by atoms with van der Waals surface area (Å²) in [7, 11) is 0. The minimum Gasteiger partial charge on any atom is -0.324 e. The van der Waals surface area contributed by atoms with Gasteiger partial charge in [-0.2, -0.15) is 11.8 Å². The van der Waals surface area contributed by atoms with E-state index >= 15 is 0 Å². The van der Waals surface area contributed by atoms with Gasteiger partial charge < -0.3 is 10.6 Å². The number of carbonyl (C=O) groups excluding carboxylic acids is 1. The molecule has 5 heteroatoms. The maximum Gasteiger partial charge on any atom is 0.246 e. The third-order valence-electron chi connectivity index (χ3n) is 4.55. The number of benzene rings is 2. The fourth-order valence-corrected chi connectivity index (χ4v) is 4.17. The number of nitrogens with zero attached hydrogens (tertiary/aromatic N) is 1. The minimum atomic E-state index is -0.241. The van der Waals surface area contributed by atoms with Crippen LogP contribution >= 0.6 is 11.8 Å². The molecule has 0 bridgehead atoms. The molecule has 0 saturated carbocycles. The van der Waals surface area contributed by atoms with Crippen molar-refractivity contribution >= 4 is 23.4 Å². The van der Waals surface area contributed by atoms with Crippen LogP contribution in [-0.2, 0) is 11.3 Å². The zero-order valence-electron chi connectivity index (χ0n) is 15.3. The Kier molecular flexibility index (Phi) is 7.12. The highest BCUT2D eigenvalue weighted by Crippen LogP contribution is 2.26. The molecule has 3 rings (SSSR count). The average molecular weight is 370 g/mol. The van der Waals surface area contributed by atoms with E-state index in [1.165, 1.54) is 5.56 Å².